The molecule has 4 nitrogen and oxygen atoms in total. The van der Waals surface area contributed by atoms with Crippen molar-refractivity contribution in [3.63, 3.8) is 0 Å². The summed E-state index contributed by atoms with van der Waals surface area (Å²) < 4.78 is 32.6. The molecule has 2 rings (SSSR count). The van der Waals surface area contributed by atoms with Crippen molar-refractivity contribution < 1.29 is 18.3 Å². The molecule has 1 aliphatic rings. The average molecular weight is 284 g/mol. The standard InChI is InChI=1S/C14H18F2N2O2/c1-8(13-9(15)4-3-5-10(13)16)14(19)18-11-6-17-7-12(11)20-2/h3-5,8,11-12,17H,6-7H2,1-2H3,(H,18,19)/t8-,11-,12-/m0/s1. The first kappa shape index (κ1) is 14.9. The monoisotopic (exact) mass is 284 g/mol. The third-order valence-electron chi connectivity index (χ3n) is 3.61. The topological polar surface area (TPSA) is 50.4 Å². The van der Waals surface area contributed by atoms with E-state index in [-0.39, 0.29) is 17.7 Å². The van der Waals surface area contributed by atoms with Gasteiger partial charge in [-0.1, -0.05) is 6.07 Å². The van der Waals surface area contributed by atoms with Crippen LogP contribution in [0.4, 0.5) is 8.78 Å². The van der Waals surface area contributed by atoms with E-state index in [2.05, 4.69) is 10.6 Å². The number of halogens is 2. The Morgan fingerprint density at radius 2 is 2.05 bits per heavy atom. The molecule has 0 aromatic heterocycles. The van der Waals surface area contributed by atoms with E-state index in [4.69, 9.17) is 4.74 Å². The number of ether oxygens (including phenoxy) is 1. The number of hydrogen-bond acceptors (Lipinski definition) is 3. The summed E-state index contributed by atoms with van der Waals surface area (Å²) in [6, 6.07) is 3.39. The Labute approximate surface area is 116 Å². The largest absolute Gasteiger partial charge is 0.378 e. The molecule has 1 amide bonds. The molecule has 1 saturated heterocycles. The third kappa shape index (κ3) is 2.96. The fourth-order valence-electron chi connectivity index (χ4n) is 2.41. The quantitative estimate of drug-likeness (QED) is 0.872. The highest BCUT2D eigenvalue weighted by Gasteiger charge is 2.31. The van der Waals surface area contributed by atoms with E-state index in [1.807, 2.05) is 0 Å². The number of benzene rings is 1. The second-order valence-electron chi connectivity index (χ2n) is 4.90. The van der Waals surface area contributed by atoms with Crippen LogP contribution in [0.25, 0.3) is 0 Å². The molecule has 0 aliphatic carbocycles. The first-order valence-corrected chi connectivity index (χ1v) is 6.52. The van der Waals surface area contributed by atoms with Crippen molar-refractivity contribution in [3.8, 4) is 0 Å². The number of carbonyl (C=O) groups is 1. The molecular weight excluding hydrogens is 266 g/mol. The summed E-state index contributed by atoms with van der Waals surface area (Å²) in [7, 11) is 1.57. The van der Waals surface area contributed by atoms with E-state index in [9.17, 15) is 13.6 Å². The molecule has 3 atom stereocenters. The van der Waals surface area contributed by atoms with Gasteiger partial charge in [0, 0.05) is 25.8 Å². The van der Waals surface area contributed by atoms with Crippen molar-refractivity contribution in [1.82, 2.24) is 10.6 Å². The van der Waals surface area contributed by atoms with Gasteiger partial charge in [0.25, 0.3) is 0 Å². The predicted molar refractivity (Wildman–Crippen MR) is 70.4 cm³/mol. The zero-order chi connectivity index (χ0) is 14.7. The lowest BCUT2D eigenvalue weighted by atomic mass is 9.98. The van der Waals surface area contributed by atoms with Gasteiger partial charge in [0.15, 0.2) is 0 Å². The molecule has 0 bridgehead atoms. The zero-order valence-corrected chi connectivity index (χ0v) is 11.5. The molecule has 1 aliphatic heterocycles. The molecule has 1 fully saturated rings. The third-order valence-corrected chi connectivity index (χ3v) is 3.61. The Morgan fingerprint density at radius 1 is 1.40 bits per heavy atom. The Hall–Kier alpha value is -1.53. The lowest BCUT2D eigenvalue weighted by Crippen LogP contribution is -2.45. The van der Waals surface area contributed by atoms with Crippen LogP contribution in [0.15, 0.2) is 18.2 Å². The molecular formula is C14H18F2N2O2. The van der Waals surface area contributed by atoms with Gasteiger partial charge >= 0.3 is 0 Å². The molecule has 0 radical (unpaired) electrons. The van der Waals surface area contributed by atoms with Crippen LogP contribution in [0.1, 0.15) is 18.4 Å². The van der Waals surface area contributed by atoms with E-state index < -0.39 is 23.5 Å². The minimum Gasteiger partial charge on any atom is -0.378 e. The van der Waals surface area contributed by atoms with Gasteiger partial charge in [0.1, 0.15) is 11.6 Å². The lowest BCUT2D eigenvalue weighted by molar-refractivity contribution is -0.123. The highest BCUT2D eigenvalue weighted by atomic mass is 19.1. The SMILES string of the molecule is CO[C@H]1CNC[C@@H]1NC(=O)[C@@H](C)c1c(F)cccc1F. The van der Waals surface area contributed by atoms with Gasteiger partial charge < -0.3 is 15.4 Å². The molecule has 1 aromatic rings. The fourth-order valence-corrected chi connectivity index (χ4v) is 2.41. The molecule has 2 N–H and O–H groups in total. The molecule has 20 heavy (non-hydrogen) atoms. The van der Waals surface area contributed by atoms with E-state index in [1.165, 1.54) is 13.0 Å². The van der Waals surface area contributed by atoms with Gasteiger partial charge in [-0.25, -0.2) is 8.78 Å². The maximum Gasteiger partial charge on any atom is 0.227 e. The highest BCUT2D eigenvalue weighted by molar-refractivity contribution is 5.83. The van der Waals surface area contributed by atoms with Crippen LogP contribution < -0.4 is 10.6 Å². The molecule has 0 spiro atoms. The van der Waals surface area contributed by atoms with Crippen LogP contribution in [0.3, 0.4) is 0 Å². The van der Waals surface area contributed by atoms with Crippen molar-refractivity contribution >= 4 is 5.91 Å². The van der Waals surface area contributed by atoms with Gasteiger partial charge in [0.2, 0.25) is 5.91 Å². The number of nitrogens with one attached hydrogen (secondary N) is 2. The molecule has 0 unspecified atom stereocenters. The van der Waals surface area contributed by atoms with Crippen LogP contribution in [0.2, 0.25) is 0 Å². The van der Waals surface area contributed by atoms with E-state index in [0.717, 1.165) is 12.1 Å². The number of carbonyl (C=O) groups excluding carboxylic acids is 1. The molecule has 6 heteroatoms. The zero-order valence-electron chi connectivity index (χ0n) is 11.5. The maximum absolute atomic E-state index is 13.7. The number of methoxy groups -OCH3 is 1. The second kappa shape index (κ2) is 6.28. The van der Waals surface area contributed by atoms with E-state index in [0.29, 0.717) is 13.1 Å². The molecule has 1 aromatic carbocycles. The maximum atomic E-state index is 13.7. The summed E-state index contributed by atoms with van der Waals surface area (Å²) in [6.45, 7) is 2.71. The number of amides is 1. The van der Waals surface area contributed by atoms with Crippen LogP contribution in [-0.2, 0) is 9.53 Å². The van der Waals surface area contributed by atoms with Crippen molar-refractivity contribution in [3.05, 3.63) is 35.4 Å². The smallest absolute Gasteiger partial charge is 0.227 e. The van der Waals surface area contributed by atoms with Gasteiger partial charge in [0.05, 0.1) is 18.1 Å². The van der Waals surface area contributed by atoms with Crippen LogP contribution >= 0.6 is 0 Å². The average Bonchev–Trinajstić information content (AvgIpc) is 2.85. The Kier molecular flexibility index (Phi) is 4.67. The summed E-state index contributed by atoms with van der Waals surface area (Å²) in [5, 5.41) is 5.87. The summed E-state index contributed by atoms with van der Waals surface area (Å²) >= 11 is 0. The van der Waals surface area contributed by atoms with Crippen LogP contribution in [0.5, 0.6) is 0 Å². The minimum absolute atomic E-state index is 0.128. The summed E-state index contributed by atoms with van der Waals surface area (Å²) in [4.78, 5) is 12.1. The van der Waals surface area contributed by atoms with Gasteiger partial charge in [-0.3, -0.25) is 4.79 Å². The van der Waals surface area contributed by atoms with Gasteiger partial charge in [-0.2, -0.15) is 0 Å². The number of hydrogen-bond donors (Lipinski definition) is 2. The lowest BCUT2D eigenvalue weighted by Gasteiger charge is -2.21. The predicted octanol–water partition coefficient (Wildman–Crippen LogP) is 1.17. The minimum atomic E-state index is -0.894. The van der Waals surface area contributed by atoms with E-state index >= 15 is 0 Å². The van der Waals surface area contributed by atoms with Crippen molar-refractivity contribution in [1.29, 1.82) is 0 Å². The summed E-state index contributed by atoms with van der Waals surface area (Å²) in [5.41, 5.74) is -0.204. The summed E-state index contributed by atoms with van der Waals surface area (Å²) in [5.74, 6) is -2.72. The molecule has 1 heterocycles. The second-order valence-corrected chi connectivity index (χ2v) is 4.90. The fraction of sp³-hybridized carbons (Fsp3) is 0.500. The Balaban J connectivity index is 2.09. The van der Waals surface area contributed by atoms with Crippen LogP contribution in [0, 0.1) is 11.6 Å². The highest BCUT2D eigenvalue weighted by Crippen LogP contribution is 2.22. The van der Waals surface area contributed by atoms with E-state index in [1.54, 1.807) is 7.11 Å². The van der Waals surface area contributed by atoms with Crippen molar-refractivity contribution in [2.45, 2.75) is 25.0 Å². The van der Waals surface area contributed by atoms with Gasteiger partial charge in [-0.15, -0.1) is 0 Å². The Morgan fingerprint density at radius 3 is 2.65 bits per heavy atom. The Bertz CT molecular complexity index is 476. The van der Waals surface area contributed by atoms with Gasteiger partial charge in [-0.05, 0) is 19.1 Å². The first-order chi connectivity index (χ1) is 9.54. The van der Waals surface area contributed by atoms with Crippen LogP contribution in [-0.4, -0.2) is 38.3 Å². The van der Waals surface area contributed by atoms with Crippen molar-refractivity contribution in [2.24, 2.45) is 0 Å². The normalized spacial score (nSPS) is 23.6. The van der Waals surface area contributed by atoms with Crippen molar-refractivity contribution in [2.75, 3.05) is 20.2 Å². The first-order valence-electron chi connectivity index (χ1n) is 6.52. The number of rotatable bonds is 4. The summed E-state index contributed by atoms with van der Waals surface area (Å²) in [6.07, 6.45) is -0.128. The molecule has 0 saturated carbocycles. The molecule has 110 valence electrons.